The molecule has 0 fully saturated rings. The summed E-state index contributed by atoms with van der Waals surface area (Å²) < 4.78 is 2.49. The fourth-order valence-electron chi connectivity index (χ4n) is 3.70. The van der Waals surface area contributed by atoms with Gasteiger partial charge in [0.1, 0.15) is 0 Å². The Morgan fingerprint density at radius 3 is 2.69 bits per heavy atom. The number of pyridine rings is 1. The van der Waals surface area contributed by atoms with Crippen LogP contribution in [0.3, 0.4) is 0 Å². The maximum absolute atomic E-state index is 6.26. The average molecular weight is 413 g/mol. The third kappa shape index (κ3) is 4.01. The predicted molar refractivity (Wildman–Crippen MR) is 114 cm³/mol. The van der Waals surface area contributed by atoms with Gasteiger partial charge < -0.3 is 9.47 Å². The van der Waals surface area contributed by atoms with Crippen molar-refractivity contribution in [2.24, 2.45) is 0 Å². The third-order valence-corrected chi connectivity index (χ3v) is 5.24. The van der Waals surface area contributed by atoms with E-state index in [0.29, 0.717) is 0 Å². The molecule has 0 saturated carbocycles. The Kier molecular flexibility index (Phi) is 6.98. The van der Waals surface area contributed by atoms with Crippen LogP contribution in [0, 0.1) is 6.92 Å². The summed E-state index contributed by atoms with van der Waals surface area (Å²) in [5, 5.41) is 2.13. The van der Waals surface area contributed by atoms with E-state index in [4.69, 9.17) is 11.6 Å². The van der Waals surface area contributed by atoms with E-state index in [0.717, 1.165) is 43.2 Å². The first-order valence-corrected chi connectivity index (χ1v) is 8.89. The van der Waals surface area contributed by atoms with Crippen molar-refractivity contribution in [2.45, 2.75) is 32.9 Å². The van der Waals surface area contributed by atoms with Crippen molar-refractivity contribution in [2.75, 3.05) is 13.6 Å². The largest absolute Gasteiger partial charge is 0.344 e. The van der Waals surface area contributed by atoms with Gasteiger partial charge in [-0.15, -0.1) is 24.8 Å². The maximum atomic E-state index is 6.26. The average Bonchev–Trinajstić information content (AvgIpc) is 2.87. The van der Waals surface area contributed by atoms with Gasteiger partial charge in [0.2, 0.25) is 0 Å². The predicted octanol–water partition coefficient (Wildman–Crippen LogP) is 5.07. The zero-order chi connectivity index (χ0) is 16.7. The lowest BCUT2D eigenvalue weighted by Gasteiger charge is -2.24. The van der Waals surface area contributed by atoms with Crippen molar-refractivity contribution in [3.63, 3.8) is 0 Å². The second-order valence-corrected chi connectivity index (χ2v) is 7.22. The van der Waals surface area contributed by atoms with Crippen LogP contribution in [0.1, 0.15) is 22.5 Å². The minimum absolute atomic E-state index is 0. The summed E-state index contributed by atoms with van der Waals surface area (Å²) >= 11 is 6.26. The van der Waals surface area contributed by atoms with E-state index in [9.17, 15) is 0 Å². The summed E-state index contributed by atoms with van der Waals surface area (Å²) in [6.07, 6.45) is 4.10. The number of hydrogen-bond acceptors (Lipinski definition) is 2. The number of fused-ring (bicyclic) bond motifs is 3. The molecule has 0 saturated heterocycles. The van der Waals surface area contributed by atoms with E-state index < -0.39 is 0 Å². The molecule has 3 nitrogen and oxygen atoms in total. The normalized spacial score (nSPS) is 13.8. The van der Waals surface area contributed by atoms with E-state index in [-0.39, 0.29) is 24.8 Å². The molecular formula is C20H24Cl3N3. The Bertz CT molecular complexity index is 887. The molecule has 26 heavy (non-hydrogen) atoms. The van der Waals surface area contributed by atoms with Gasteiger partial charge in [-0.05, 0) is 55.8 Å². The van der Waals surface area contributed by atoms with Gasteiger partial charge in [0.05, 0.1) is 0 Å². The van der Waals surface area contributed by atoms with Crippen molar-refractivity contribution in [3.05, 3.63) is 64.1 Å². The Morgan fingerprint density at radius 2 is 1.96 bits per heavy atom. The Balaban J connectivity index is 0.00000121. The fourth-order valence-corrected chi connectivity index (χ4v) is 3.87. The number of rotatable bonds is 3. The first-order chi connectivity index (χ1) is 11.6. The lowest BCUT2D eigenvalue weighted by Crippen LogP contribution is -2.27. The lowest BCUT2D eigenvalue weighted by molar-refractivity contribution is 0.309. The minimum atomic E-state index is 0. The number of aromatic nitrogens is 2. The first kappa shape index (κ1) is 21.0. The van der Waals surface area contributed by atoms with Gasteiger partial charge >= 0.3 is 0 Å². The highest BCUT2D eigenvalue weighted by Gasteiger charge is 2.22. The minimum Gasteiger partial charge on any atom is -0.344 e. The van der Waals surface area contributed by atoms with Crippen LogP contribution in [0.5, 0.6) is 0 Å². The van der Waals surface area contributed by atoms with E-state index in [1.807, 2.05) is 19.2 Å². The van der Waals surface area contributed by atoms with Crippen molar-refractivity contribution in [1.29, 1.82) is 0 Å². The van der Waals surface area contributed by atoms with Crippen LogP contribution in [-0.4, -0.2) is 28.0 Å². The summed E-state index contributed by atoms with van der Waals surface area (Å²) in [7, 11) is 2.19. The van der Waals surface area contributed by atoms with Crippen molar-refractivity contribution in [3.8, 4) is 0 Å². The second-order valence-electron chi connectivity index (χ2n) is 6.78. The molecule has 0 aliphatic carbocycles. The quantitative estimate of drug-likeness (QED) is 0.598. The van der Waals surface area contributed by atoms with Gasteiger partial charge in [-0.3, -0.25) is 4.98 Å². The molecule has 0 amide bonds. The Hall–Kier alpha value is -1.26. The van der Waals surface area contributed by atoms with Crippen LogP contribution >= 0.6 is 36.4 Å². The molecule has 3 heterocycles. The van der Waals surface area contributed by atoms with Gasteiger partial charge in [0.15, 0.2) is 0 Å². The summed E-state index contributed by atoms with van der Waals surface area (Å²) in [5.74, 6) is 0. The third-order valence-electron chi connectivity index (χ3n) is 5.00. The van der Waals surface area contributed by atoms with Crippen LogP contribution in [0.15, 0.2) is 36.5 Å². The van der Waals surface area contributed by atoms with Crippen LogP contribution in [0.25, 0.3) is 10.9 Å². The number of hydrogen-bond donors (Lipinski definition) is 0. The standard InChI is InChI=1S/C20H22ClN3.2ClH/c1-14-3-4-15(12-22-14)7-10-24-19-6-5-16(21)11-17(19)18-13-23(2)9-8-20(18)24;;/h3-6,11-12H,7-10,13H2,1-2H3;2*1H. The van der Waals surface area contributed by atoms with Crippen LogP contribution in [-0.2, 0) is 25.9 Å². The van der Waals surface area contributed by atoms with Gasteiger partial charge in [0, 0.05) is 59.6 Å². The van der Waals surface area contributed by atoms with Gasteiger partial charge in [0.25, 0.3) is 0 Å². The molecular weight excluding hydrogens is 389 g/mol. The molecule has 0 spiro atoms. The van der Waals surface area contributed by atoms with Gasteiger partial charge in [-0.1, -0.05) is 17.7 Å². The second kappa shape index (κ2) is 8.62. The monoisotopic (exact) mass is 411 g/mol. The molecule has 1 aliphatic heterocycles. The maximum Gasteiger partial charge on any atom is 0.0487 e. The molecule has 1 aliphatic rings. The molecule has 0 unspecified atom stereocenters. The zero-order valence-electron chi connectivity index (χ0n) is 15.0. The van der Waals surface area contributed by atoms with E-state index in [1.165, 1.54) is 27.7 Å². The number of nitrogens with zero attached hydrogens (tertiary/aromatic N) is 3. The summed E-state index contributed by atoms with van der Waals surface area (Å²) in [4.78, 5) is 6.80. The Labute approximate surface area is 172 Å². The molecule has 0 radical (unpaired) electrons. The number of benzene rings is 1. The molecule has 0 bridgehead atoms. The van der Waals surface area contributed by atoms with Gasteiger partial charge in [-0.25, -0.2) is 0 Å². The Morgan fingerprint density at radius 1 is 1.15 bits per heavy atom. The van der Waals surface area contributed by atoms with E-state index in [2.05, 4.69) is 45.8 Å². The highest BCUT2D eigenvalue weighted by molar-refractivity contribution is 6.31. The zero-order valence-corrected chi connectivity index (χ0v) is 17.4. The molecule has 140 valence electrons. The number of aryl methyl sites for hydroxylation is 3. The van der Waals surface area contributed by atoms with Crippen LogP contribution in [0.2, 0.25) is 5.02 Å². The summed E-state index contributed by atoms with van der Waals surface area (Å²) in [5.41, 5.74) is 6.59. The SMILES string of the molecule is Cc1ccc(CCn2c3c(c4cc(Cl)ccc42)CN(C)CC3)cn1.Cl.Cl. The first-order valence-electron chi connectivity index (χ1n) is 8.51. The molecule has 3 aromatic rings. The van der Waals surface area contributed by atoms with Crippen molar-refractivity contribution in [1.82, 2.24) is 14.5 Å². The molecule has 6 heteroatoms. The smallest absolute Gasteiger partial charge is 0.0487 e. The molecule has 1 aromatic carbocycles. The molecule has 0 N–H and O–H groups in total. The van der Waals surface area contributed by atoms with Crippen LogP contribution < -0.4 is 0 Å². The molecule has 0 atom stereocenters. The summed E-state index contributed by atoms with van der Waals surface area (Å²) in [6.45, 7) is 5.14. The summed E-state index contributed by atoms with van der Waals surface area (Å²) in [6, 6.07) is 10.6. The highest BCUT2D eigenvalue weighted by atomic mass is 35.5. The van der Waals surface area contributed by atoms with Crippen LogP contribution in [0.4, 0.5) is 0 Å². The number of likely N-dealkylation sites (N-methyl/N-ethyl adjacent to an activating group) is 1. The van der Waals surface area contributed by atoms with Crippen molar-refractivity contribution < 1.29 is 0 Å². The van der Waals surface area contributed by atoms with Crippen molar-refractivity contribution >= 4 is 47.3 Å². The van der Waals surface area contributed by atoms with E-state index in [1.54, 1.807) is 0 Å². The lowest BCUT2D eigenvalue weighted by atomic mass is 10.1. The highest BCUT2D eigenvalue weighted by Crippen LogP contribution is 2.32. The molecule has 2 aromatic heterocycles. The van der Waals surface area contributed by atoms with Gasteiger partial charge in [-0.2, -0.15) is 0 Å². The fraction of sp³-hybridized carbons (Fsp3) is 0.350. The molecule has 4 rings (SSSR count). The topological polar surface area (TPSA) is 21.1 Å². The van der Waals surface area contributed by atoms with E-state index >= 15 is 0 Å². The number of halogens is 3.